The maximum absolute atomic E-state index is 13.6. The number of aromatic nitrogens is 1. The van der Waals surface area contributed by atoms with Crippen molar-refractivity contribution in [3.05, 3.63) is 84.2 Å². The molecule has 2 aliphatic heterocycles. The van der Waals surface area contributed by atoms with E-state index in [1.165, 1.54) is 11.1 Å². The molecule has 0 radical (unpaired) electrons. The summed E-state index contributed by atoms with van der Waals surface area (Å²) in [6, 6.07) is 16.5. The molecule has 5 rings (SSSR count). The second-order valence-corrected chi connectivity index (χ2v) is 10.8. The molecule has 10 nitrogen and oxygen atoms in total. The normalized spacial score (nSPS) is 22.1. The van der Waals surface area contributed by atoms with Gasteiger partial charge in [-0.15, -0.1) is 0 Å². The number of amides is 4. The Balaban J connectivity index is 1.45. The summed E-state index contributed by atoms with van der Waals surface area (Å²) in [4.78, 5) is 60.7. The van der Waals surface area contributed by atoms with E-state index in [2.05, 4.69) is 15.6 Å². The van der Waals surface area contributed by atoms with Crippen LogP contribution in [0.2, 0.25) is 0 Å². The third-order valence-corrected chi connectivity index (χ3v) is 7.69. The molecule has 2 aromatic carbocycles. The van der Waals surface area contributed by atoms with Gasteiger partial charge in [0.15, 0.2) is 0 Å². The van der Waals surface area contributed by atoms with Gasteiger partial charge in [-0.25, -0.2) is 0 Å². The first-order valence-corrected chi connectivity index (χ1v) is 14.2. The van der Waals surface area contributed by atoms with Crippen LogP contribution in [0.1, 0.15) is 35.7 Å². The first-order chi connectivity index (χ1) is 20.3. The summed E-state index contributed by atoms with van der Waals surface area (Å²) in [5.74, 6) is -0.913. The molecule has 0 unspecified atom stereocenters. The Morgan fingerprint density at radius 2 is 1.71 bits per heavy atom. The minimum absolute atomic E-state index is 0.121. The number of fused-ring (bicyclic) bond motifs is 6. The molecule has 1 saturated heterocycles. The van der Waals surface area contributed by atoms with Crippen molar-refractivity contribution in [1.29, 1.82) is 0 Å². The highest BCUT2D eigenvalue weighted by Gasteiger charge is 2.33. The van der Waals surface area contributed by atoms with E-state index in [1.54, 1.807) is 31.1 Å². The van der Waals surface area contributed by atoms with Gasteiger partial charge in [0, 0.05) is 38.0 Å². The molecule has 0 saturated carbocycles. The molecule has 2 N–H and O–H groups in total. The Morgan fingerprint density at radius 3 is 2.52 bits per heavy atom. The lowest BCUT2D eigenvalue weighted by Gasteiger charge is -2.29. The summed E-state index contributed by atoms with van der Waals surface area (Å²) in [5, 5.41) is 5.51. The molecule has 218 valence electrons. The van der Waals surface area contributed by atoms with Gasteiger partial charge < -0.3 is 25.2 Å². The van der Waals surface area contributed by atoms with Gasteiger partial charge in [-0.3, -0.25) is 24.2 Å². The summed E-state index contributed by atoms with van der Waals surface area (Å²) >= 11 is 0. The molecule has 10 heteroatoms. The molecule has 0 spiro atoms. The first-order valence-electron chi connectivity index (χ1n) is 14.2. The van der Waals surface area contributed by atoms with E-state index in [1.807, 2.05) is 54.6 Å². The Kier molecular flexibility index (Phi) is 8.80. The van der Waals surface area contributed by atoms with Crippen LogP contribution in [0.15, 0.2) is 73.1 Å². The van der Waals surface area contributed by atoms with Crippen LogP contribution in [-0.4, -0.2) is 83.3 Å². The van der Waals surface area contributed by atoms with Crippen molar-refractivity contribution in [1.82, 2.24) is 25.4 Å². The quantitative estimate of drug-likeness (QED) is 0.489. The number of likely N-dealkylation sites (N-methyl/N-ethyl adjacent to an activating group) is 1. The third-order valence-electron chi connectivity index (χ3n) is 7.69. The van der Waals surface area contributed by atoms with Crippen molar-refractivity contribution < 1.29 is 23.9 Å². The topological polar surface area (TPSA) is 121 Å². The van der Waals surface area contributed by atoms with Gasteiger partial charge in [0.1, 0.15) is 24.4 Å². The average molecular weight is 570 g/mol. The van der Waals surface area contributed by atoms with Crippen molar-refractivity contribution >= 4 is 23.6 Å². The van der Waals surface area contributed by atoms with Crippen LogP contribution in [0.3, 0.4) is 0 Å². The van der Waals surface area contributed by atoms with Gasteiger partial charge in [0.05, 0.1) is 18.2 Å². The lowest BCUT2D eigenvalue weighted by molar-refractivity contribution is -0.142. The Bertz CT molecular complexity index is 1460. The molecular formula is C32H35N5O5. The number of rotatable bonds is 2. The smallest absolute Gasteiger partial charge is 0.253 e. The lowest BCUT2D eigenvalue weighted by atomic mass is 10.0. The highest BCUT2D eigenvalue weighted by Crippen LogP contribution is 2.26. The molecule has 1 aromatic heterocycles. The first kappa shape index (κ1) is 28.8. The Hall–Kier alpha value is -4.73. The van der Waals surface area contributed by atoms with Crippen LogP contribution >= 0.6 is 0 Å². The van der Waals surface area contributed by atoms with Gasteiger partial charge >= 0.3 is 0 Å². The van der Waals surface area contributed by atoms with Crippen LogP contribution in [0.25, 0.3) is 11.1 Å². The monoisotopic (exact) mass is 569 g/mol. The number of carbonyl (C=O) groups excluding carboxylic acids is 4. The van der Waals surface area contributed by atoms with Gasteiger partial charge in [-0.2, -0.15) is 0 Å². The summed E-state index contributed by atoms with van der Waals surface area (Å²) in [7, 11) is 1.56. The van der Waals surface area contributed by atoms with Crippen molar-refractivity contribution in [2.24, 2.45) is 0 Å². The zero-order valence-corrected chi connectivity index (χ0v) is 23.8. The van der Waals surface area contributed by atoms with E-state index in [9.17, 15) is 19.2 Å². The maximum atomic E-state index is 13.6. The molecule has 0 aliphatic carbocycles. The predicted octanol–water partition coefficient (Wildman–Crippen LogP) is 2.44. The molecule has 1 fully saturated rings. The van der Waals surface area contributed by atoms with E-state index < -0.39 is 29.8 Å². The van der Waals surface area contributed by atoms with Crippen molar-refractivity contribution in [3.63, 3.8) is 0 Å². The van der Waals surface area contributed by atoms with Crippen LogP contribution in [0.4, 0.5) is 0 Å². The highest BCUT2D eigenvalue weighted by atomic mass is 16.5. The minimum Gasteiger partial charge on any atom is -0.491 e. The van der Waals surface area contributed by atoms with Crippen LogP contribution in [-0.2, 0) is 20.8 Å². The van der Waals surface area contributed by atoms with Crippen LogP contribution < -0.4 is 15.4 Å². The number of ether oxygens (including phenoxy) is 1. The number of pyridine rings is 1. The SMILES string of the molecule is C[C@H]1NC(=O)c2cncc(c2)-c2cccc(c2)OC[C@@H]2CCCN2C(=O)CN(C)C(=O)[C@H](Cc2ccccc2)NC1=O. The molecule has 2 aliphatic rings. The van der Waals surface area contributed by atoms with E-state index in [4.69, 9.17) is 4.74 Å². The fraction of sp³-hybridized carbons (Fsp3) is 0.344. The number of hydrogen-bond donors (Lipinski definition) is 2. The van der Waals surface area contributed by atoms with Crippen LogP contribution in [0, 0.1) is 0 Å². The second kappa shape index (κ2) is 12.8. The molecule has 4 amide bonds. The number of nitrogens with zero attached hydrogens (tertiary/aromatic N) is 3. The molecule has 4 bridgehead atoms. The second-order valence-electron chi connectivity index (χ2n) is 10.8. The van der Waals surface area contributed by atoms with Crippen molar-refractivity contribution in [2.45, 2.75) is 44.3 Å². The fourth-order valence-corrected chi connectivity index (χ4v) is 5.35. The van der Waals surface area contributed by atoms with Gasteiger partial charge in [0.25, 0.3) is 5.91 Å². The van der Waals surface area contributed by atoms with E-state index in [0.29, 0.717) is 30.0 Å². The predicted molar refractivity (Wildman–Crippen MR) is 157 cm³/mol. The molecule has 3 heterocycles. The van der Waals surface area contributed by atoms with Gasteiger partial charge in [0.2, 0.25) is 17.7 Å². The van der Waals surface area contributed by atoms with Gasteiger partial charge in [-0.1, -0.05) is 42.5 Å². The summed E-state index contributed by atoms with van der Waals surface area (Å²) in [6.07, 6.45) is 4.98. The standard InChI is InChI=1S/C32H35N5O5/c1-21-30(39)35-28(14-22-8-4-3-5-9-22)32(41)36(2)19-29(38)37-13-7-11-26(37)20-42-27-12-6-10-23(16-27)24-15-25(18-33-17-24)31(40)34-21/h3-6,8-10,12,15-18,21,26,28H,7,11,13-14,19-20H2,1-2H3,(H,34,40)(H,35,39)/t21-,26+,28+/m1/s1. The van der Waals surface area contributed by atoms with Crippen LogP contribution in [0.5, 0.6) is 5.75 Å². The van der Waals surface area contributed by atoms with E-state index >= 15 is 0 Å². The van der Waals surface area contributed by atoms with E-state index in [-0.39, 0.29) is 24.9 Å². The zero-order chi connectivity index (χ0) is 29.6. The fourth-order valence-electron chi connectivity index (χ4n) is 5.35. The lowest BCUT2D eigenvalue weighted by Crippen LogP contribution is -2.55. The molecule has 3 aromatic rings. The van der Waals surface area contributed by atoms with Crippen molar-refractivity contribution in [2.75, 3.05) is 26.7 Å². The molecule has 3 atom stereocenters. The number of benzene rings is 2. The molecule has 42 heavy (non-hydrogen) atoms. The number of nitrogens with one attached hydrogen (secondary N) is 2. The summed E-state index contributed by atoms with van der Waals surface area (Å²) in [6.45, 7) is 2.34. The average Bonchev–Trinajstić information content (AvgIpc) is 3.48. The highest BCUT2D eigenvalue weighted by molar-refractivity contribution is 5.99. The van der Waals surface area contributed by atoms with E-state index in [0.717, 1.165) is 24.0 Å². The van der Waals surface area contributed by atoms with Gasteiger partial charge in [-0.05, 0) is 49.1 Å². The minimum atomic E-state index is -0.938. The third kappa shape index (κ3) is 6.76. The maximum Gasteiger partial charge on any atom is 0.253 e. The summed E-state index contributed by atoms with van der Waals surface area (Å²) < 4.78 is 6.12. The summed E-state index contributed by atoms with van der Waals surface area (Å²) in [5.41, 5.74) is 2.68. The van der Waals surface area contributed by atoms with Crippen molar-refractivity contribution in [3.8, 4) is 16.9 Å². The number of hydrogen-bond acceptors (Lipinski definition) is 6. The Morgan fingerprint density at radius 1 is 0.929 bits per heavy atom. The largest absolute Gasteiger partial charge is 0.491 e. The number of carbonyl (C=O) groups is 4. The zero-order valence-electron chi connectivity index (χ0n) is 23.8. The Labute approximate surface area is 245 Å². The molecular weight excluding hydrogens is 534 g/mol.